The minimum Gasteiger partial charge on any atom is -1.00 e. The Morgan fingerprint density at radius 3 is 0.861 bits per heavy atom. The fourth-order valence-electron chi connectivity index (χ4n) is 9.42. The van der Waals surface area contributed by atoms with Crippen molar-refractivity contribution in [1.82, 2.24) is 16.0 Å². The molecule has 3 aromatic heterocycles. The summed E-state index contributed by atoms with van der Waals surface area (Å²) in [5.41, 5.74) is 10.0. The van der Waals surface area contributed by atoms with E-state index in [2.05, 4.69) is 106 Å². The summed E-state index contributed by atoms with van der Waals surface area (Å²) in [6, 6.07) is 11.3. The van der Waals surface area contributed by atoms with Crippen LogP contribution in [0.2, 0.25) is 0 Å². The molecule has 0 saturated heterocycles. The number of carbonyl (C=O) groups is 3. The van der Waals surface area contributed by atoms with Gasteiger partial charge in [-0.15, -0.1) is 0 Å². The SMILES string of the molecule is CCCCCCCCNC(=O)Nc1ccc[n+](Cc2c(CC)c(C[n+]3cccc(NC(=O)NCCCCCCCC)c3)c(CC)c(C[n+]3cccc(NC(=O)NCCCCCCCC)c3)c2CC)c1.[Br-].[Br-].[Br-]. The van der Waals surface area contributed by atoms with Crippen molar-refractivity contribution in [3.8, 4) is 0 Å². The lowest BCUT2D eigenvalue weighted by molar-refractivity contribution is -0.690. The number of amides is 6. The Morgan fingerprint density at radius 1 is 0.361 bits per heavy atom. The van der Waals surface area contributed by atoms with Gasteiger partial charge in [-0.2, -0.15) is 13.7 Å². The smallest absolute Gasteiger partial charge is 0.319 e. The fourth-order valence-corrected chi connectivity index (χ4v) is 9.42. The van der Waals surface area contributed by atoms with E-state index in [9.17, 15) is 14.4 Å². The summed E-state index contributed by atoms with van der Waals surface area (Å²) in [7, 11) is 0. The molecule has 0 aliphatic heterocycles. The van der Waals surface area contributed by atoms with E-state index in [4.69, 9.17) is 0 Å². The Bertz CT molecular complexity index is 1900. The largest absolute Gasteiger partial charge is 1.00 e. The molecule has 3 heterocycles. The van der Waals surface area contributed by atoms with E-state index < -0.39 is 0 Å². The number of unbranched alkanes of at least 4 members (excludes halogenated alkanes) is 15. The number of nitrogens with one attached hydrogen (secondary N) is 6. The number of rotatable bonds is 33. The average Bonchev–Trinajstić information content (AvgIpc) is 3.33. The van der Waals surface area contributed by atoms with E-state index in [0.717, 1.165) is 74.8 Å². The van der Waals surface area contributed by atoms with Gasteiger partial charge in [-0.25, -0.2) is 14.4 Å². The van der Waals surface area contributed by atoms with Crippen LogP contribution in [-0.4, -0.2) is 37.7 Å². The first-order valence-electron chi connectivity index (χ1n) is 27.0. The fraction of sp³-hybridized carbons (Fsp3) is 0.579. The van der Waals surface area contributed by atoms with Gasteiger partial charge < -0.3 is 82.8 Å². The molecule has 4 rings (SSSR count). The molecule has 0 spiro atoms. The van der Waals surface area contributed by atoms with Crippen LogP contribution in [0, 0.1) is 0 Å². The zero-order valence-electron chi connectivity index (χ0n) is 44.7. The van der Waals surface area contributed by atoms with Crippen LogP contribution in [0.4, 0.5) is 31.4 Å². The van der Waals surface area contributed by atoms with Gasteiger partial charge in [0.05, 0.1) is 0 Å². The zero-order chi connectivity index (χ0) is 49.5. The number of benzene rings is 1. The molecule has 0 aliphatic carbocycles. The van der Waals surface area contributed by atoms with Crippen molar-refractivity contribution in [1.29, 1.82) is 0 Å². The van der Waals surface area contributed by atoms with Gasteiger partial charge in [-0.1, -0.05) is 138 Å². The lowest BCUT2D eigenvalue weighted by Crippen LogP contribution is -3.00. The second-order valence-electron chi connectivity index (χ2n) is 18.7. The molecule has 12 nitrogen and oxygen atoms in total. The molecule has 4 aromatic rings. The van der Waals surface area contributed by atoms with Gasteiger partial charge in [0.2, 0.25) is 0 Å². The Morgan fingerprint density at radius 2 is 0.611 bits per heavy atom. The first kappa shape index (κ1) is 65.9. The first-order chi connectivity index (χ1) is 33.7. The number of carbonyl (C=O) groups excluding carboxylic acids is 3. The molecule has 6 N–H and O–H groups in total. The monoisotopic (exact) mass is 1190 g/mol. The molecule has 1 aromatic carbocycles. The summed E-state index contributed by atoms with van der Waals surface area (Å²) in [6.07, 6.45) is 36.0. The maximum absolute atomic E-state index is 13.0. The van der Waals surface area contributed by atoms with Crippen molar-refractivity contribution in [3.05, 3.63) is 107 Å². The molecule has 0 saturated carbocycles. The predicted molar refractivity (Wildman–Crippen MR) is 283 cm³/mol. The maximum Gasteiger partial charge on any atom is 0.319 e. The Kier molecular flexibility index (Phi) is 36.1. The van der Waals surface area contributed by atoms with Crippen LogP contribution < -0.4 is 96.5 Å². The first-order valence-corrected chi connectivity index (χ1v) is 27.0. The van der Waals surface area contributed by atoms with Gasteiger partial charge in [0.1, 0.15) is 17.1 Å². The average molecular weight is 1190 g/mol. The summed E-state index contributed by atoms with van der Waals surface area (Å²) in [5.74, 6) is 0. The lowest BCUT2D eigenvalue weighted by atomic mass is 9.83. The quantitative estimate of drug-likeness (QED) is 0.0324. The van der Waals surface area contributed by atoms with Crippen molar-refractivity contribution >= 4 is 35.2 Å². The summed E-state index contributed by atoms with van der Waals surface area (Å²) in [5, 5.41) is 18.4. The molecule has 72 heavy (non-hydrogen) atoms. The van der Waals surface area contributed by atoms with Gasteiger partial charge in [0, 0.05) is 54.5 Å². The van der Waals surface area contributed by atoms with Crippen LogP contribution in [-0.2, 0) is 38.9 Å². The summed E-state index contributed by atoms with van der Waals surface area (Å²) < 4.78 is 6.54. The number of anilines is 3. The second-order valence-corrected chi connectivity index (χ2v) is 18.7. The molecule has 0 radical (unpaired) electrons. The topological polar surface area (TPSA) is 135 Å². The molecule has 0 atom stereocenters. The molecule has 15 heteroatoms. The van der Waals surface area contributed by atoms with Crippen LogP contribution in [0.15, 0.2) is 73.6 Å². The Balaban J connectivity index is 0.00000864. The lowest BCUT2D eigenvalue weighted by Gasteiger charge is -2.23. The molecule has 0 unspecified atom stereocenters. The van der Waals surface area contributed by atoms with Crippen molar-refractivity contribution in [2.24, 2.45) is 0 Å². The zero-order valence-corrected chi connectivity index (χ0v) is 49.5. The minimum absolute atomic E-state index is 0. The standard InChI is InChI=1S/C57H87N9O3.3BrH/c1-7-13-16-19-22-25-34-58-55(67)61-46-31-28-37-64(40-46)43-52-49(10-4)53(44-65-38-29-32-47(41-65)62-56(68)59-35-26-23-20-17-14-8-2)51(12-6)54(50(52)11-5)45-66-39-30-33-48(42-66)63-57(69)60-36-27-24-21-18-15-9-3;;;/h28-33,37-42H,7-27,34-36,43-45H2,1-6H3,(H3-3,58,59,60,61,62,63,67,68,69);3*1H. The van der Waals surface area contributed by atoms with Crippen molar-refractivity contribution in [3.63, 3.8) is 0 Å². The molecule has 0 fully saturated rings. The van der Waals surface area contributed by atoms with Crippen molar-refractivity contribution in [2.75, 3.05) is 35.6 Å². The van der Waals surface area contributed by atoms with Gasteiger partial charge in [-0.3, -0.25) is 0 Å². The van der Waals surface area contributed by atoms with E-state index in [1.807, 2.05) is 55.0 Å². The highest BCUT2D eigenvalue weighted by atomic mass is 79.9. The van der Waals surface area contributed by atoms with E-state index in [0.29, 0.717) is 39.3 Å². The van der Waals surface area contributed by atoms with E-state index in [1.165, 1.54) is 110 Å². The minimum atomic E-state index is -0.185. The highest BCUT2D eigenvalue weighted by molar-refractivity contribution is 5.89. The van der Waals surface area contributed by atoms with Crippen LogP contribution in [0.1, 0.15) is 190 Å². The number of halogens is 3. The van der Waals surface area contributed by atoms with Crippen LogP contribution in [0.5, 0.6) is 0 Å². The third-order valence-corrected chi connectivity index (χ3v) is 13.1. The number of hydrogen-bond donors (Lipinski definition) is 6. The normalized spacial score (nSPS) is 10.6. The van der Waals surface area contributed by atoms with Gasteiger partial charge in [0.15, 0.2) is 56.8 Å². The van der Waals surface area contributed by atoms with E-state index >= 15 is 0 Å². The van der Waals surface area contributed by atoms with E-state index in [1.54, 1.807) is 0 Å². The number of hydrogen-bond acceptors (Lipinski definition) is 3. The van der Waals surface area contributed by atoms with Gasteiger partial charge in [-0.05, 0) is 73.4 Å². The summed E-state index contributed by atoms with van der Waals surface area (Å²) in [6.45, 7) is 17.3. The summed E-state index contributed by atoms with van der Waals surface area (Å²) in [4.78, 5) is 39.0. The number of nitrogens with zero attached hydrogens (tertiary/aromatic N) is 3. The van der Waals surface area contributed by atoms with Crippen molar-refractivity contribution < 1.29 is 79.0 Å². The van der Waals surface area contributed by atoms with Crippen molar-refractivity contribution in [2.45, 2.75) is 196 Å². The molecule has 402 valence electrons. The third kappa shape index (κ3) is 24.3. The second kappa shape index (κ2) is 39.4. The Labute approximate surface area is 465 Å². The third-order valence-electron chi connectivity index (χ3n) is 13.1. The number of aromatic nitrogens is 3. The summed E-state index contributed by atoms with van der Waals surface area (Å²) >= 11 is 0. The number of urea groups is 3. The maximum atomic E-state index is 13.0. The molecule has 0 bridgehead atoms. The van der Waals surface area contributed by atoms with Gasteiger partial charge in [0.25, 0.3) is 0 Å². The van der Waals surface area contributed by atoms with Crippen LogP contribution in [0.3, 0.4) is 0 Å². The van der Waals surface area contributed by atoms with Crippen LogP contribution in [0.25, 0.3) is 0 Å². The highest BCUT2D eigenvalue weighted by Crippen LogP contribution is 2.31. The molecular weight excluding hydrogens is 1100 g/mol. The predicted octanol–water partition coefficient (Wildman–Crippen LogP) is 2.84. The molecule has 6 amide bonds. The molecular formula is C57H90Br3N9O3. The Hall–Kier alpha value is -4.08. The van der Waals surface area contributed by atoms with Gasteiger partial charge >= 0.3 is 18.1 Å². The van der Waals surface area contributed by atoms with E-state index in [-0.39, 0.29) is 69.0 Å². The molecule has 0 aliphatic rings. The number of pyridine rings is 3. The van der Waals surface area contributed by atoms with Crippen LogP contribution >= 0.6 is 0 Å². The highest BCUT2D eigenvalue weighted by Gasteiger charge is 2.28.